The van der Waals surface area contributed by atoms with Gasteiger partial charge in [-0.2, -0.15) is 4.98 Å². The molecule has 2 aliphatic heterocycles. The minimum Gasteiger partial charge on any atom is -0.369 e. The van der Waals surface area contributed by atoms with E-state index in [4.69, 9.17) is 9.97 Å². The molecule has 3 heterocycles. The monoisotopic (exact) mass is 605 g/mol. The fourth-order valence-corrected chi connectivity index (χ4v) is 9.78. The summed E-state index contributed by atoms with van der Waals surface area (Å²) in [5, 5.41) is 3.47. The summed E-state index contributed by atoms with van der Waals surface area (Å²) in [5.74, 6) is 3.51. The standard InChI is InChI=1S/C37H47N7O/c1-5-26-14-24(2)33(25(3)15-26)43-23-30-22-38-35(39-31-6-8-32(9-7-31)42-12-10-41(4)11-13-42)40-34(30)44(36(43)45)37-19-27-16-28(20-37)18-29(17-27)21-37/h6-9,14-15,22,27-29H,5,10-13,16-21,23H2,1-4H3,(H,38,39,40). The van der Waals surface area contributed by atoms with Gasteiger partial charge in [0.25, 0.3) is 0 Å². The Morgan fingerprint density at radius 3 is 2.13 bits per heavy atom. The maximum atomic E-state index is 14.9. The van der Waals surface area contributed by atoms with E-state index in [0.717, 1.165) is 85.7 Å². The van der Waals surface area contributed by atoms with Crippen LogP contribution in [0.2, 0.25) is 0 Å². The summed E-state index contributed by atoms with van der Waals surface area (Å²) in [5.41, 5.74) is 7.74. The summed E-state index contributed by atoms with van der Waals surface area (Å²) in [4.78, 5) is 33.9. The molecule has 0 radical (unpaired) electrons. The molecule has 9 rings (SSSR count). The highest BCUT2D eigenvalue weighted by Crippen LogP contribution is 2.59. The van der Waals surface area contributed by atoms with Crippen LogP contribution in [0.1, 0.15) is 67.7 Å². The van der Waals surface area contributed by atoms with E-state index in [1.165, 1.54) is 30.5 Å². The van der Waals surface area contributed by atoms with Crippen molar-refractivity contribution in [3.63, 3.8) is 0 Å². The van der Waals surface area contributed by atoms with E-state index in [-0.39, 0.29) is 11.6 Å². The number of carbonyl (C=O) groups is 1. The fourth-order valence-electron chi connectivity index (χ4n) is 9.78. The van der Waals surface area contributed by atoms with Crippen LogP contribution in [-0.2, 0) is 13.0 Å². The predicted octanol–water partition coefficient (Wildman–Crippen LogP) is 7.07. The molecule has 4 bridgehead atoms. The first-order valence-corrected chi connectivity index (χ1v) is 17.2. The molecule has 2 amide bonds. The van der Waals surface area contributed by atoms with Crippen molar-refractivity contribution in [2.75, 3.05) is 53.2 Å². The summed E-state index contributed by atoms with van der Waals surface area (Å²) in [6.45, 7) is 11.2. The molecule has 3 aromatic rings. The van der Waals surface area contributed by atoms with Gasteiger partial charge in [0.05, 0.1) is 17.8 Å². The lowest BCUT2D eigenvalue weighted by Crippen LogP contribution is -2.65. The number of anilines is 5. The van der Waals surface area contributed by atoms with Crippen LogP contribution in [0.3, 0.4) is 0 Å². The Labute approximate surface area is 267 Å². The van der Waals surface area contributed by atoms with Crippen molar-refractivity contribution in [1.29, 1.82) is 0 Å². The highest BCUT2D eigenvalue weighted by atomic mass is 16.2. The number of nitrogens with zero attached hydrogens (tertiary/aromatic N) is 6. The number of urea groups is 1. The number of aryl methyl sites for hydroxylation is 3. The third kappa shape index (κ3) is 5.05. The van der Waals surface area contributed by atoms with Gasteiger partial charge >= 0.3 is 6.03 Å². The Morgan fingerprint density at radius 2 is 1.53 bits per heavy atom. The Bertz CT molecular complexity index is 1550. The van der Waals surface area contributed by atoms with E-state index < -0.39 is 0 Å². The molecule has 4 aliphatic carbocycles. The molecule has 1 aromatic heterocycles. The smallest absolute Gasteiger partial charge is 0.331 e. The number of amides is 2. The van der Waals surface area contributed by atoms with Crippen LogP contribution in [0.4, 0.5) is 33.6 Å². The topological polar surface area (TPSA) is 67.8 Å². The number of fused-ring (bicyclic) bond motifs is 1. The van der Waals surface area contributed by atoms with Gasteiger partial charge in [-0.05, 0) is 125 Å². The molecule has 0 atom stereocenters. The summed E-state index contributed by atoms with van der Waals surface area (Å²) in [6, 6.07) is 13.2. The van der Waals surface area contributed by atoms with Gasteiger partial charge in [0.15, 0.2) is 0 Å². The Morgan fingerprint density at radius 1 is 0.911 bits per heavy atom. The minimum atomic E-state index is -0.166. The first kappa shape index (κ1) is 28.8. The molecule has 0 spiro atoms. The lowest BCUT2D eigenvalue weighted by atomic mass is 9.52. The van der Waals surface area contributed by atoms with Gasteiger partial charge in [0, 0.05) is 49.3 Å². The van der Waals surface area contributed by atoms with E-state index in [0.29, 0.717) is 30.2 Å². The molecular formula is C37H47N7O. The Balaban J connectivity index is 1.14. The molecule has 5 fully saturated rings. The minimum absolute atomic E-state index is 0.0843. The summed E-state index contributed by atoms with van der Waals surface area (Å²) in [7, 11) is 2.18. The zero-order valence-electron chi connectivity index (χ0n) is 27.4. The number of hydrogen-bond acceptors (Lipinski definition) is 6. The summed E-state index contributed by atoms with van der Waals surface area (Å²) in [6.07, 6.45) is 10.2. The number of aromatic nitrogens is 2. The van der Waals surface area contributed by atoms with E-state index in [2.05, 4.69) is 84.2 Å². The van der Waals surface area contributed by atoms with Crippen molar-refractivity contribution < 1.29 is 4.79 Å². The molecule has 0 unspecified atom stereocenters. The van der Waals surface area contributed by atoms with Gasteiger partial charge in [0.2, 0.25) is 5.95 Å². The average Bonchev–Trinajstić information content (AvgIpc) is 3.01. The number of nitrogens with one attached hydrogen (secondary N) is 1. The van der Waals surface area contributed by atoms with Gasteiger partial charge in [0.1, 0.15) is 5.82 Å². The molecule has 1 N–H and O–H groups in total. The quantitative estimate of drug-likeness (QED) is 0.324. The van der Waals surface area contributed by atoms with Crippen molar-refractivity contribution in [1.82, 2.24) is 14.9 Å². The number of hydrogen-bond donors (Lipinski definition) is 1. The number of rotatable bonds is 6. The third-order valence-corrected chi connectivity index (χ3v) is 11.5. The molecule has 4 saturated carbocycles. The molecule has 2 aromatic carbocycles. The van der Waals surface area contributed by atoms with Crippen molar-refractivity contribution in [2.45, 2.75) is 77.8 Å². The van der Waals surface area contributed by atoms with E-state index in [9.17, 15) is 4.79 Å². The molecular weight excluding hydrogens is 558 g/mol. The Kier molecular flexibility index (Phi) is 7.04. The molecule has 6 aliphatic rings. The van der Waals surface area contributed by atoms with Crippen LogP contribution in [0.25, 0.3) is 0 Å². The second kappa shape index (κ2) is 11.0. The van der Waals surface area contributed by atoms with Crippen LogP contribution >= 0.6 is 0 Å². The van der Waals surface area contributed by atoms with Gasteiger partial charge < -0.3 is 15.1 Å². The zero-order valence-corrected chi connectivity index (χ0v) is 27.4. The molecule has 8 nitrogen and oxygen atoms in total. The number of piperazine rings is 1. The molecule has 45 heavy (non-hydrogen) atoms. The van der Waals surface area contributed by atoms with E-state index in [1.807, 2.05) is 11.1 Å². The third-order valence-electron chi connectivity index (χ3n) is 11.5. The van der Waals surface area contributed by atoms with E-state index in [1.54, 1.807) is 0 Å². The fraction of sp³-hybridized carbons (Fsp3) is 0.541. The van der Waals surface area contributed by atoms with Gasteiger partial charge in [-0.3, -0.25) is 9.80 Å². The number of carbonyl (C=O) groups excluding carboxylic acids is 1. The lowest BCUT2D eigenvalue weighted by molar-refractivity contribution is -0.000910. The van der Waals surface area contributed by atoms with Crippen molar-refractivity contribution in [3.8, 4) is 0 Å². The molecule has 236 valence electrons. The Hall–Kier alpha value is -3.65. The maximum Gasteiger partial charge on any atom is 0.331 e. The summed E-state index contributed by atoms with van der Waals surface area (Å²) < 4.78 is 0. The van der Waals surface area contributed by atoms with Crippen LogP contribution < -0.4 is 20.0 Å². The SMILES string of the molecule is CCc1cc(C)c(N2Cc3cnc(Nc4ccc(N5CCN(C)CC5)cc4)nc3N(C34CC5CC(CC(C5)C3)C4)C2=O)c(C)c1. The van der Waals surface area contributed by atoms with Gasteiger partial charge in [-0.1, -0.05) is 19.1 Å². The van der Waals surface area contributed by atoms with Crippen LogP contribution in [0.5, 0.6) is 0 Å². The maximum absolute atomic E-state index is 14.9. The van der Waals surface area contributed by atoms with Crippen LogP contribution in [0, 0.1) is 31.6 Å². The van der Waals surface area contributed by atoms with Crippen LogP contribution in [0.15, 0.2) is 42.6 Å². The summed E-state index contributed by atoms with van der Waals surface area (Å²) >= 11 is 0. The zero-order chi connectivity index (χ0) is 30.9. The van der Waals surface area contributed by atoms with Gasteiger partial charge in [-0.15, -0.1) is 0 Å². The molecule has 8 heteroatoms. The first-order valence-electron chi connectivity index (χ1n) is 17.2. The van der Waals surface area contributed by atoms with E-state index >= 15 is 0 Å². The van der Waals surface area contributed by atoms with Gasteiger partial charge in [-0.25, -0.2) is 9.78 Å². The highest BCUT2D eigenvalue weighted by Gasteiger charge is 2.57. The predicted molar refractivity (Wildman–Crippen MR) is 182 cm³/mol. The van der Waals surface area contributed by atoms with Crippen molar-refractivity contribution >= 4 is 34.9 Å². The second-order valence-electron chi connectivity index (χ2n) is 14.8. The number of likely N-dealkylation sites (N-methyl/N-ethyl adjacent to an activating group) is 1. The lowest BCUT2D eigenvalue weighted by Gasteiger charge is -2.61. The normalized spacial score (nSPS) is 27.7. The highest BCUT2D eigenvalue weighted by molar-refractivity contribution is 6.07. The largest absolute Gasteiger partial charge is 0.369 e. The van der Waals surface area contributed by atoms with Crippen molar-refractivity contribution in [3.05, 3.63) is 64.8 Å². The molecule has 1 saturated heterocycles. The first-order chi connectivity index (χ1) is 21.8. The van der Waals surface area contributed by atoms with Crippen molar-refractivity contribution in [2.24, 2.45) is 17.8 Å². The number of benzene rings is 2. The average molecular weight is 606 g/mol. The second-order valence-corrected chi connectivity index (χ2v) is 14.8. The van der Waals surface area contributed by atoms with Crippen LogP contribution in [-0.4, -0.2) is 59.7 Å².